The lowest BCUT2D eigenvalue weighted by Crippen LogP contribution is -2.39. The molecule has 0 unspecified atom stereocenters. The van der Waals surface area contributed by atoms with E-state index in [0.29, 0.717) is 31.4 Å². The van der Waals surface area contributed by atoms with Crippen LogP contribution >= 0.6 is 0 Å². The predicted octanol–water partition coefficient (Wildman–Crippen LogP) is 2.43. The van der Waals surface area contributed by atoms with E-state index < -0.39 is 12.3 Å². The second kappa shape index (κ2) is 7.02. The smallest absolute Gasteiger partial charge is 0.271 e. The lowest BCUT2D eigenvalue weighted by atomic mass is 9.86. The molecule has 2 heterocycles. The SMILES string of the molecule is Cn1cncc1-c1cncc(C(=O)N[C@H]2CC[C@H](C(F)F)CC2)n1. The van der Waals surface area contributed by atoms with Crippen LogP contribution in [0.3, 0.4) is 0 Å². The van der Waals surface area contributed by atoms with Gasteiger partial charge in [-0.3, -0.25) is 9.78 Å². The molecule has 1 aliphatic carbocycles. The second-order valence-electron chi connectivity index (χ2n) is 6.10. The zero-order valence-electron chi connectivity index (χ0n) is 13.3. The highest BCUT2D eigenvalue weighted by Gasteiger charge is 2.28. The van der Waals surface area contributed by atoms with Crippen molar-refractivity contribution in [2.24, 2.45) is 13.0 Å². The largest absolute Gasteiger partial charge is 0.348 e. The van der Waals surface area contributed by atoms with Gasteiger partial charge < -0.3 is 9.88 Å². The van der Waals surface area contributed by atoms with Crippen molar-refractivity contribution < 1.29 is 13.6 Å². The third kappa shape index (κ3) is 3.58. The number of imidazole rings is 1. The van der Waals surface area contributed by atoms with Gasteiger partial charge in [0.25, 0.3) is 5.91 Å². The zero-order chi connectivity index (χ0) is 17.1. The molecule has 128 valence electrons. The van der Waals surface area contributed by atoms with Gasteiger partial charge in [0.1, 0.15) is 11.4 Å². The van der Waals surface area contributed by atoms with Gasteiger partial charge in [-0.2, -0.15) is 0 Å². The number of nitrogens with zero attached hydrogens (tertiary/aromatic N) is 4. The Labute approximate surface area is 138 Å². The number of halogens is 2. The Morgan fingerprint density at radius 2 is 1.96 bits per heavy atom. The monoisotopic (exact) mass is 335 g/mol. The van der Waals surface area contributed by atoms with E-state index in [1.54, 1.807) is 23.3 Å². The molecule has 1 saturated carbocycles. The maximum Gasteiger partial charge on any atom is 0.271 e. The Kier molecular flexibility index (Phi) is 4.82. The lowest BCUT2D eigenvalue weighted by Gasteiger charge is -2.28. The van der Waals surface area contributed by atoms with Gasteiger partial charge in [0, 0.05) is 19.0 Å². The molecule has 0 spiro atoms. The number of carbonyl (C=O) groups is 1. The van der Waals surface area contributed by atoms with Crippen molar-refractivity contribution in [2.75, 3.05) is 0 Å². The summed E-state index contributed by atoms with van der Waals surface area (Å²) < 4.78 is 27.1. The Morgan fingerprint density at radius 3 is 2.58 bits per heavy atom. The highest BCUT2D eigenvalue weighted by atomic mass is 19.3. The van der Waals surface area contributed by atoms with Crippen molar-refractivity contribution in [1.29, 1.82) is 0 Å². The van der Waals surface area contributed by atoms with E-state index in [9.17, 15) is 13.6 Å². The van der Waals surface area contributed by atoms with Gasteiger partial charge in [0.15, 0.2) is 0 Å². The Morgan fingerprint density at radius 1 is 1.21 bits per heavy atom. The number of nitrogens with one attached hydrogen (secondary N) is 1. The van der Waals surface area contributed by atoms with Gasteiger partial charge in [-0.15, -0.1) is 0 Å². The summed E-state index contributed by atoms with van der Waals surface area (Å²) in [5.41, 5.74) is 1.53. The molecular formula is C16H19F2N5O. The summed E-state index contributed by atoms with van der Waals surface area (Å²) in [7, 11) is 1.83. The van der Waals surface area contributed by atoms with Crippen LogP contribution in [0.5, 0.6) is 0 Å². The van der Waals surface area contributed by atoms with Crippen molar-refractivity contribution >= 4 is 5.91 Å². The fourth-order valence-electron chi connectivity index (χ4n) is 2.98. The predicted molar refractivity (Wildman–Crippen MR) is 83.5 cm³/mol. The molecule has 3 rings (SSSR count). The molecule has 0 aliphatic heterocycles. The minimum absolute atomic E-state index is 0.0883. The first-order valence-corrected chi connectivity index (χ1v) is 7.92. The molecule has 0 atom stereocenters. The number of hydrogen-bond acceptors (Lipinski definition) is 4. The van der Waals surface area contributed by atoms with Crippen LogP contribution in [0.25, 0.3) is 11.4 Å². The number of aryl methyl sites for hydroxylation is 1. The Balaban J connectivity index is 1.65. The highest BCUT2D eigenvalue weighted by Crippen LogP contribution is 2.29. The third-order valence-corrected chi connectivity index (χ3v) is 4.41. The van der Waals surface area contributed by atoms with E-state index >= 15 is 0 Å². The fraction of sp³-hybridized carbons (Fsp3) is 0.500. The van der Waals surface area contributed by atoms with Crippen LogP contribution in [0.15, 0.2) is 24.9 Å². The van der Waals surface area contributed by atoms with Crippen molar-refractivity contribution in [3.63, 3.8) is 0 Å². The average molecular weight is 335 g/mol. The Hall–Kier alpha value is -2.38. The Bertz CT molecular complexity index is 710. The quantitative estimate of drug-likeness (QED) is 0.931. The number of carbonyl (C=O) groups excluding carboxylic acids is 1. The molecule has 0 saturated heterocycles. The van der Waals surface area contributed by atoms with Crippen LogP contribution in [0, 0.1) is 5.92 Å². The summed E-state index contributed by atoms with van der Waals surface area (Å²) in [6, 6.07) is -0.0883. The summed E-state index contributed by atoms with van der Waals surface area (Å²) >= 11 is 0. The molecule has 2 aromatic rings. The van der Waals surface area contributed by atoms with Gasteiger partial charge >= 0.3 is 0 Å². The highest BCUT2D eigenvalue weighted by molar-refractivity contribution is 5.92. The molecule has 2 aromatic heterocycles. The van der Waals surface area contributed by atoms with Crippen molar-refractivity contribution in [3.8, 4) is 11.4 Å². The van der Waals surface area contributed by atoms with Crippen LogP contribution < -0.4 is 5.32 Å². The maximum atomic E-state index is 12.7. The summed E-state index contributed by atoms with van der Waals surface area (Å²) in [5.74, 6) is -0.877. The van der Waals surface area contributed by atoms with Gasteiger partial charge in [-0.1, -0.05) is 0 Å². The first kappa shape index (κ1) is 16.5. The van der Waals surface area contributed by atoms with Crippen LogP contribution in [-0.2, 0) is 7.05 Å². The number of hydrogen-bond donors (Lipinski definition) is 1. The van der Waals surface area contributed by atoms with Gasteiger partial charge in [-0.25, -0.2) is 18.7 Å². The zero-order valence-corrected chi connectivity index (χ0v) is 13.3. The molecule has 1 aliphatic rings. The topological polar surface area (TPSA) is 72.7 Å². The molecule has 1 amide bonds. The normalized spacial score (nSPS) is 21.0. The van der Waals surface area contributed by atoms with Crippen molar-refractivity contribution in [1.82, 2.24) is 24.8 Å². The minimum Gasteiger partial charge on any atom is -0.348 e. The molecule has 0 bridgehead atoms. The van der Waals surface area contributed by atoms with E-state index in [2.05, 4.69) is 20.3 Å². The molecule has 1 N–H and O–H groups in total. The standard InChI is InChI=1S/C16H19F2N5O/c1-23-9-20-8-14(23)12-6-19-7-13(22-12)16(24)21-11-4-2-10(3-5-11)15(17)18/h6-11,15H,2-5H2,1H3,(H,21,24)/t10-,11-. The van der Waals surface area contributed by atoms with E-state index in [1.807, 2.05) is 7.05 Å². The van der Waals surface area contributed by atoms with Crippen molar-refractivity contribution in [3.05, 3.63) is 30.6 Å². The number of aromatic nitrogens is 4. The fourth-order valence-corrected chi connectivity index (χ4v) is 2.98. The van der Waals surface area contributed by atoms with Crippen LogP contribution in [0.4, 0.5) is 8.78 Å². The van der Waals surface area contributed by atoms with Gasteiger partial charge in [-0.05, 0) is 25.7 Å². The van der Waals surface area contributed by atoms with Crippen LogP contribution in [0.2, 0.25) is 0 Å². The number of rotatable bonds is 4. The van der Waals surface area contributed by atoms with E-state index in [-0.39, 0.29) is 17.6 Å². The molecule has 0 aromatic carbocycles. The van der Waals surface area contributed by atoms with E-state index in [0.717, 1.165) is 5.69 Å². The third-order valence-electron chi connectivity index (χ3n) is 4.41. The molecule has 6 nitrogen and oxygen atoms in total. The summed E-state index contributed by atoms with van der Waals surface area (Å²) in [6.45, 7) is 0. The minimum atomic E-state index is -2.27. The lowest BCUT2D eigenvalue weighted by molar-refractivity contribution is 0.0499. The number of amides is 1. The summed E-state index contributed by atoms with van der Waals surface area (Å²) in [4.78, 5) is 24.8. The molecule has 1 fully saturated rings. The summed E-state index contributed by atoms with van der Waals surface area (Å²) in [5, 5.41) is 2.87. The first-order valence-electron chi connectivity index (χ1n) is 7.92. The second-order valence-corrected chi connectivity index (χ2v) is 6.10. The molecule has 0 radical (unpaired) electrons. The van der Waals surface area contributed by atoms with Gasteiger partial charge in [0.2, 0.25) is 6.43 Å². The molecule has 24 heavy (non-hydrogen) atoms. The average Bonchev–Trinajstić information content (AvgIpc) is 3.01. The van der Waals surface area contributed by atoms with E-state index in [4.69, 9.17) is 0 Å². The van der Waals surface area contributed by atoms with Crippen molar-refractivity contribution in [2.45, 2.75) is 38.2 Å². The van der Waals surface area contributed by atoms with E-state index in [1.165, 1.54) is 6.20 Å². The first-order chi connectivity index (χ1) is 11.5. The van der Waals surface area contributed by atoms with Gasteiger partial charge in [0.05, 0.1) is 30.6 Å². The maximum absolute atomic E-state index is 12.7. The van der Waals surface area contributed by atoms with Crippen LogP contribution in [0.1, 0.15) is 36.2 Å². The molecule has 8 heteroatoms. The molecular weight excluding hydrogens is 316 g/mol. The number of alkyl halides is 2. The summed E-state index contributed by atoms with van der Waals surface area (Å²) in [6.07, 6.45) is 5.99. The van der Waals surface area contributed by atoms with Crippen LogP contribution in [-0.4, -0.2) is 37.9 Å².